The second kappa shape index (κ2) is 5.17. The lowest BCUT2D eigenvalue weighted by molar-refractivity contribution is -0.127. The average molecular weight is 226 g/mol. The van der Waals surface area contributed by atoms with E-state index in [2.05, 4.69) is 38.3 Å². The molecule has 1 atom stereocenters. The van der Waals surface area contributed by atoms with E-state index in [1.807, 2.05) is 0 Å². The van der Waals surface area contributed by atoms with Gasteiger partial charge in [-0.25, -0.2) is 0 Å². The first kappa shape index (κ1) is 13.5. The minimum Gasteiger partial charge on any atom is -0.354 e. The highest BCUT2D eigenvalue weighted by atomic mass is 16.2. The van der Waals surface area contributed by atoms with E-state index in [-0.39, 0.29) is 16.9 Å². The molecule has 0 radical (unpaired) electrons. The molecular weight excluding hydrogens is 200 g/mol. The van der Waals surface area contributed by atoms with E-state index in [9.17, 15) is 4.79 Å². The molecule has 1 rings (SSSR count). The number of amides is 1. The van der Waals surface area contributed by atoms with E-state index >= 15 is 0 Å². The molecule has 0 aromatic rings. The van der Waals surface area contributed by atoms with Crippen LogP contribution >= 0.6 is 0 Å². The minimum absolute atomic E-state index is 0.189. The fraction of sp³-hybridized carbons (Fsp3) is 0.923. The molecule has 1 fully saturated rings. The van der Waals surface area contributed by atoms with Gasteiger partial charge in [-0.3, -0.25) is 4.79 Å². The van der Waals surface area contributed by atoms with Crippen LogP contribution in [0.2, 0.25) is 0 Å². The van der Waals surface area contributed by atoms with E-state index in [0.29, 0.717) is 0 Å². The Bertz CT molecular complexity index is 242. The number of hydrogen-bond donors (Lipinski definition) is 2. The van der Waals surface area contributed by atoms with Crippen LogP contribution in [0.15, 0.2) is 0 Å². The van der Waals surface area contributed by atoms with Crippen molar-refractivity contribution >= 4 is 5.91 Å². The van der Waals surface area contributed by atoms with Gasteiger partial charge in [0.1, 0.15) is 0 Å². The first-order chi connectivity index (χ1) is 7.46. The predicted molar refractivity (Wildman–Crippen MR) is 67.3 cm³/mol. The van der Waals surface area contributed by atoms with Crippen LogP contribution < -0.4 is 10.6 Å². The third-order valence-electron chi connectivity index (χ3n) is 3.97. The van der Waals surface area contributed by atoms with Gasteiger partial charge in [-0.2, -0.15) is 0 Å². The van der Waals surface area contributed by atoms with Crippen molar-refractivity contribution in [2.24, 2.45) is 5.41 Å². The Hall–Kier alpha value is -0.570. The van der Waals surface area contributed by atoms with Crippen molar-refractivity contribution in [3.63, 3.8) is 0 Å². The Morgan fingerprint density at radius 2 is 2.12 bits per heavy atom. The quantitative estimate of drug-likeness (QED) is 0.753. The zero-order valence-electron chi connectivity index (χ0n) is 11.2. The fourth-order valence-corrected chi connectivity index (χ4v) is 2.08. The van der Waals surface area contributed by atoms with Crippen LogP contribution in [-0.4, -0.2) is 24.5 Å². The summed E-state index contributed by atoms with van der Waals surface area (Å²) in [7, 11) is 0. The lowest BCUT2D eigenvalue weighted by Crippen LogP contribution is -2.54. The maximum Gasteiger partial charge on any atom is 0.240 e. The summed E-state index contributed by atoms with van der Waals surface area (Å²) >= 11 is 0. The topological polar surface area (TPSA) is 41.1 Å². The summed E-state index contributed by atoms with van der Waals surface area (Å²) in [4.78, 5) is 12.2. The lowest BCUT2D eigenvalue weighted by atomic mass is 9.88. The summed E-state index contributed by atoms with van der Waals surface area (Å²) in [5, 5.41) is 6.47. The molecule has 0 bridgehead atoms. The van der Waals surface area contributed by atoms with Crippen LogP contribution in [0, 0.1) is 5.41 Å². The van der Waals surface area contributed by atoms with Crippen molar-refractivity contribution in [2.75, 3.05) is 13.1 Å². The molecule has 1 amide bonds. The van der Waals surface area contributed by atoms with Crippen molar-refractivity contribution in [1.82, 2.24) is 10.6 Å². The zero-order chi connectivity index (χ0) is 12.2. The van der Waals surface area contributed by atoms with Crippen molar-refractivity contribution in [3.05, 3.63) is 0 Å². The first-order valence-electron chi connectivity index (χ1n) is 6.49. The molecule has 1 aliphatic rings. The monoisotopic (exact) mass is 226 g/mol. The molecule has 3 heteroatoms. The molecule has 0 saturated carbocycles. The van der Waals surface area contributed by atoms with Gasteiger partial charge in [0, 0.05) is 6.54 Å². The largest absolute Gasteiger partial charge is 0.354 e. The SMILES string of the molecule is CCC(C)(C)CNC(=O)C1(CC)CCCN1. The Balaban J connectivity index is 2.51. The van der Waals surface area contributed by atoms with Crippen molar-refractivity contribution in [2.45, 2.75) is 58.9 Å². The van der Waals surface area contributed by atoms with Crippen LogP contribution in [0.4, 0.5) is 0 Å². The van der Waals surface area contributed by atoms with E-state index in [4.69, 9.17) is 0 Å². The normalized spacial score (nSPS) is 25.8. The Labute approximate surface area is 99.4 Å². The summed E-state index contributed by atoms with van der Waals surface area (Å²) in [6.07, 6.45) is 4.05. The molecule has 16 heavy (non-hydrogen) atoms. The van der Waals surface area contributed by atoms with Gasteiger partial charge in [0.15, 0.2) is 0 Å². The van der Waals surface area contributed by atoms with Gasteiger partial charge in [0.25, 0.3) is 0 Å². The van der Waals surface area contributed by atoms with E-state index in [0.717, 1.165) is 38.8 Å². The van der Waals surface area contributed by atoms with Gasteiger partial charge in [-0.1, -0.05) is 27.7 Å². The maximum atomic E-state index is 12.2. The third kappa shape index (κ3) is 2.97. The molecule has 1 unspecified atom stereocenters. The number of carbonyl (C=O) groups excluding carboxylic acids is 1. The molecule has 0 aliphatic carbocycles. The highest BCUT2D eigenvalue weighted by molar-refractivity contribution is 5.86. The second-order valence-electron chi connectivity index (χ2n) is 5.67. The Morgan fingerprint density at radius 3 is 2.56 bits per heavy atom. The van der Waals surface area contributed by atoms with Crippen LogP contribution in [-0.2, 0) is 4.79 Å². The maximum absolute atomic E-state index is 12.2. The fourth-order valence-electron chi connectivity index (χ4n) is 2.08. The van der Waals surface area contributed by atoms with Crippen molar-refractivity contribution in [1.29, 1.82) is 0 Å². The van der Waals surface area contributed by atoms with E-state index in [1.165, 1.54) is 0 Å². The summed E-state index contributed by atoms with van der Waals surface area (Å²) in [6, 6.07) is 0. The Kier molecular flexibility index (Phi) is 4.36. The van der Waals surface area contributed by atoms with Crippen LogP contribution in [0.1, 0.15) is 53.4 Å². The smallest absolute Gasteiger partial charge is 0.240 e. The summed E-state index contributed by atoms with van der Waals surface area (Å²) in [5.41, 5.74) is -0.0903. The van der Waals surface area contributed by atoms with Gasteiger partial charge >= 0.3 is 0 Å². The average Bonchev–Trinajstić information content (AvgIpc) is 2.76. The highest BCUT2D eigenvalue weighted by Gasteiger charge is 2.39. The van der Waals surface area contributed by atoms with Gasteiger partial charge in [0.2, 0.25) is 5.91 Å². The van der Waals surface area contributed by atoms with Crippen LogP contribution in [0.25, 0.3) is 0 Å². The molecule has 1 heterocycles. The Morgan fingerprint density at radius 1 is 1.44 bits per heavy atom. The van der Waals surface area contributed by atoms with Crippen molar-refractivity contribution in [3.8, 4) is 0 Å². The summed E-state index contributed by atoms with van der Waals surface area (Å²) < 4.78 is 0. The first-order valence-corrected chi connectivity index (χ1v) is 6.49. The number of rotatable bonds is 5. The number of carbonyl (C=O) groups is 1. The number of nitrogens with one attached hydrogen (secondary N) is 2. The minimum atomic E-state index is -0.288. The molecule has 0 aromatic heterocycles. The molecule has 1 aliphatic heterocycles. The molecule has 94 valence electrons. The summed E-state index contributed by atoms with van der Waals surface area (Å²) in [6.45, 7) is 10.4. The number of hydrogen-bond acceptors (Lipinski definition) is 2. The van der Waals surface area contributed by atoms with Gasteiger partial charge in [0.05, 0.1) is 5.54 Å². The molecule has 2 N–H and O–H groups in total. The van der Waals surface area contributed by atoms with Gasteiger partial charge in [-0.05, 0) is 37.6 Å². The standard InChI is InChI=1S/C13H26N2O/c1-5-12(3,4)10-14-11(16)13(6-2)8-7-9-15-13/h15H,5-10H2,1-4H3,(H,14,16). The second-order valence-corrected chi connectivity index (χ2v) is 5.67. The molecule has 0 aromatic carbocycles. The third-order valence-corrected chi connectivity index (χ3v) is 3.97. The predicted octanol–water partition coefficient (Wildman–Crippen LogP) is 2.07. The molecule has 1 saturated heterocycles. The molecule has 0 spiro atoms. The van der Waals surface area contributed by atoms with Gasteiger partial charge < -0.3 is 10.6 Å². The van der Waals surface area contributed by atoms with Crippen LogP contribution in [0.5, 0.6) is 0 Å². The van der Waals surface area contributed by atoms with Crippen LogP contribution in [0.3, 0.4) is 0 Å². The van der Waals surface area contributed by atoms with E-state index < -0.39 is 0 Å². The van der Waals surface area contributed by atoms with E-state index in [1.54, 1.807) is 0 Å². The summed E-state index contributed by atoms with van der Waals surface area (Å²) in [5.74, 6) is 0.189. The van der Waals surface area contributed by atoms with Crippen molar-refractivity contribution < 1.29 is 4.79 Å². The molecular formula is C13H26N2O. The van der Waals surface area contributed by atoms with Gasteiger partial charge in [-0.15, -0.1) is 0 Å². The molecule has 3 nitrogen and oxygen atoms in total. The zero-order valence-corrected chi connectivity index (χ0v) is 11.2. The lowest BCUT2D eigenvalue weighted by Gasteiger charge is -2.30. The highest BCUT2D eigenvalue weighted by Crippen LogP contribution is 2.24.